The van der Waals surface area contributed by atoms with E-state index in [1.807, 2.05) is 0 Å². The van der Waals surface area contributed by atoms with Crippen molar-refractivity contribution in [2.75, 3.05) is 11.4 Å². The lowest BCUT2D eigenvalue weighted by molar-refractivity contribution is 0.827. The lowest BCUT2D eigenvalue weighted by Gasteiger charge is -2.24. The SMILES string of the molecule is CCN(Cc1cnc(Cl)cc1Cl)c1cccc(C)c1. The monoisotopic (exact) mass is 294 g/mol. The first-order chi connectivity index (χ1) is 9.10. The molecule has 0 amide bonds. The molecule has 0 spiro atoms. The molecule has 0 aliphatic rings. The van der Waals surface area contributed by atoms with E-state index in [1.165, 1.54) is 11.3 Å². The first-order valence-electron chi connectivity index (χ1n) is 6.21. The van der Waals surface area contributed by atoms with Gasteiger partial charge in [0.1, 0.15) is 5.15 Å². The number of pyridine rings is 1. The predicted octanol–water partition coefficient (Wildman–Crippen LogP) is 4.72. The summed E-state index contributed by atoms with van der Waals surface area (Å²) in [6.45, 7) is 5.85. The summed E-state index contributed by atoms with van der Waals surface area (Å²) < 4.78 is 0. The smallest absolute Gasteiger partial charge is 0.130 e. The Balaban J connectivity index is 2.24. The van der Waals surface area contributed by atoms with E-state index in [0.717, 1.165) is 18.7 Å². The van der Waals surface area contributed by atoms with Crippen LogP contribution in [-0.2, 0) is 6.54 Å². The van der Waals surface area contributed by atoms with Gasteiger partial charge >= 0.3 is 0 Å². The quantitative estimate of drug-likeness (QED) is 0.758. The Morgan fingerprint density at radius 1 is 1.21 bits per heavy atom. The fourth-order valence-corrected chi connectivity index (χ4v) is 2.39. The number of anilines is 1. The molecule has 0 aliphatic heterocycles. The van der Waals surface area contributed by atoms with Crippen molar-refractivity contribution in [3.05, 3.63) is 57.8 Å². The minimum Gasteiger partial charge on any atom is -0.367 e. The van der Waals surface area contributed by atoms with E-state index < -0.39 is 0 Å². The first-order valence-corrected chi connectivity index (χ1v) is 6.97. The summed E-state index contributed by atoms with van der Waals surface area (Å²) in [5, 5.41) is 1.08. The molecule has 2 aromatic rings. The van der Waals surface area contributed by atoms with E-state index in [0.29, 0.717) is 10.2 Å². The number of benzene rings is 1. The van der Waals surface area contributed by atoms with Crippen molar-refractivity contribution in [3.63, 3.8) is 0 Å². The van der Waals surface area contributed by atoms with E-state index in [4.69, 9.17) is 23.2 Å². The van der Waals surface area contributed by atoms with Crippen LogP contribution in [0.2, 0.25) is 10.2 Å². The van der Waals surface area contributed by atoms with Crippen LogP contribution in [0.3, 0.4) is 0 Å². The maximum Gasteiger partial charge on any atom is 0.130 e. The Bertz CT molecular complexity index is 570. The standard InChI is InChI=1S/C15H16Cl2N2/c1-3-19(13-6-4-5-11(2)7-13)10-12-9-18-15(17)8-14(12)16/h4-9H,3,10H2,1-2H3. The Kier molecular flexibility index (Phi) is 4.67. The topological polar surface area (TPSA) is 16.1 Å². The summed E-state index contributed by atoms with van der Waals surface area (Å²) in [5.41, 5.74) is 3.42. The van der Waals surface area contributed by atoms with Crippen LogP contribution in [0.15, 0.2) is 36.5 Å². The zero-order valence-corrected chi connectivity index (χ0v) is 12.5. The molecular formula is C15H16Cl2N2. The van der Waals surface area contributed by atoms with Crippen LogP contribution in [0.25, 0.3) is 0 Å². The molecule has 0 atom stereocenters. The third-order valence-corrected chi connectivity index (χ3v) is 3.56. The molecule has 100 valence electrons. The molecule has 0 N–H and O–H groups in total. The van der Waals surface area contributed by atoms with Gasteiger partial charge in [0, 0.05) is 30.5 Å². The fraction of sp³-hybridized carbons (Fsp3) is 0.267. The summed E-state index contributed by atoms with van der Waals surface area (Å²) >= 11 is 12.0. The van der Waals surface area contributed by atoms with Gasteiger partial charge in [0.25, 0.3) is 0 Å². The molecule has 0 fully saturated rings. The van der Waals surface area contributed by atoms with Gasteiger partial charge in [-0.3, -0.25) is 0 Å². The van der Waals surface area contributed by atoms with Crippen molar-refractivity contribution >= 4 is 28.9 Å². The number of hydrogen-bond donors (Lipinski definition) is 0. The molecule has 1 aromatic carbocycles. The summed E-state index contributed by atoms with van der Waals surface area (Å²) in [6.07, 6.45) is 1.74. The molecule has 0 radical (unpaired) electrons. The van der Waals surface area contributed by atoms with Crippen molar-refractivity contribution in [3.8, 4) is 0 Å². The van der Waals surface area contributed by atoms with Crippen molar-refractivity contribution in [1.29, 1.82) is 0 Å². The highest BCUT2D eigenvalue weighted by Crippen LogP contribution is 2.23. The highest BCUT2D eigenvalue weighted by Gasteiger charge is 2.09. The Labute approximate surface area is 124 Å². The summed E-state index contributed by atoms with van der Waals surface area (Å²) in [6, 6.07) is 10.1. The second-order valence-corrected chi connectivity index (χ2v) is 5.25. The van der Waals surface area contributed by atoms with Gasteiger partial charge in [0.05, 0.1) is 5.02 Å². The third kappa shape index (κ3) is 3.62. The average Bonchev–Trinajstić information content (AvgIpc) is 2.38. The number of nitrogens with zero attached hydrogens (tertiary/aromatic N) is 2. The molecule has 0 unspecified atom stereocenters. The van der Waals surface area contributed by atoms with E-state index >= 15 is 0 Å². The largest absolute Gasteiger partial charge is 0.367 e. The van der Waals surface area contributed by atoms with Crippen LogP contribution >= 0.6 is 23.2 Å². The minimum atomic E-state index is 0.423. The van der Waals surface area contributed by atoms with E-state index in [9.17, 15) is 0 Å². The minimum absolute atomic E-state index is 0.423. The summed E-state index contributed by atoms with van der Waals surface area (Å²) in [5.74, 6) is 0. The summed E-state index contributed by atoms with van der Waals surface area (Å²) in [4.78, 5) is 6.35. The molecule has 0 aliphatic carbocycles. The highest BCUT2D eigenvalue weighted by atomic mass is 35.5. The van der Waals surface area contributed by atoms with Crippen LogP contribution in [0.5, 0.6) is 0 Å². The van der Waals surface area contributed by atoms with Gasteiger partial charge in [-0.1, -0.05) is 35.3 Å². The molecule has 2 rings (SSSR count). The molecule has 1 heterocycles. The van der Waals surface area contributed by atoms with Gasteiger partial charge in [0.2, 0.25) is 0 Å². The number of halogens is 2. The van der Waals surface area contributed by atoms with Gasteiger partial charge in [-0.05, 0) is 37.6 Å². The number of aryl methyl sites for hydroxylation is 1. The molecule has 19 heavy (non-hydrogen) atoms. The van der Waals surface area contributed by atoms with Crippen LogP contribution < -0.4 is 4.90 Å². The average molecular weight is 295 g/mol. The van der Waals surface area contributed by atoms with Gasteiger partial charge in [-0.2, -0.15) is 0 Å². The van der Waals surface area contributed by atoms with Gasteiger partial charge in [-0.25, -0.2) is 4.98 Å². The highest BCUT2D eigenvalue weighted by molar-refractivity contribution is 6.34. The zero-order valence-electron chi connectivity index (χ0n) is 11.0. The van der Waals surface area contributed by atoms with Gasteiger partial charge in [0.15, 0.2) is 0 Å². The number of aromatic nitrogens is 1. The molecule has 0 saturated heterocycles. The third-order valence-electron chi connectivity index (χ3n) is 3.01. The predicted molar refractivity (Wildman–Crippen MR) is 82.2 cm³/mol. The Morgan fingerprint density at radius 2 is 2.00 bits per heavy atom. The van der Waals surface area contributed by atoms with Crippen molar-refractivity contribution in [1.82, 2.24) is 4.98 Å². The number of rotatable bonds is 4. The van der Waals surface area contributed by atoms with Crippen molar-refractivity contribution in [2.24, 2.45) is 0 Å². The Morgan fingerprint density at radius 3 is 2.63 bits per heavy atom. The fourth-order valence-electron chi connectivity index (χ4n) is 1.97. The normalized spacial score (nSPS) is 10.5. The lowest BCUT2D eigenvalue weighted by Crippen LogP contribution is -2.22. The molecule has 0 bridgehead atoms. The van der Waals surface area contributed by atoms with Crippen LogP contribution in [0, 0.1) is 6.92 Å². The second-order valence-electron chi connectivity index (χ2n) is 4.45. The van der Waals surface area contributed by atoms with Gasteiger partial charge in [-0.15, -0.1) is 0 Å². The maximum absolute atomic E-state index is 6.20. The van der Waals surface area contributed by atoms with E-state index in [2.05, 4.69) is 48.0 Å². The molecule has 2 nitrogen and oxygen atoms in total. The molecular weight excluding hydrogens is 279 g/mol. The van der Waals surface area contributed by atoms with Crippen LogP contribution in [0.4, 0.5) is 5.69 Å². The van der Waals surface area contributed by atoms with Crippen LogP contribution in [-0.4, -0.2) is 11.5 Å². The second kappa shape index (κ2) is 6.27. The Hall–Kier alpha value is -1.25. The molecule has 1 aromatic heterocycles. The first kappa shape index (κ1) is 14.2. The van der Waals surface area contributed by atoms with Crippen molar-refractivity contribution < 1.29 is 0 Å². The van der Waals surface area contributed by atoms with E-state index in [-0.39, 0.29) is 0 Å². The van der Waals surface area contributed by atoms with Gasteiger partial charge < -0.3 is 4.90 Å². The lowest BCUT2D eigenvalue weighted by atomic mass is 10.2. The van der Waals surface area contributed by atoms with Crippen molar-refractivity contribution in [2.45, 2.75) is 20.4 Å². The van der Waals surface area contributed by atoms with E-state index in [1.54, 1.807) is 12.3 Å². The van der Waals surface area contributed by atoms with Crippen LogP contribution in [0.1, 0.15) is 18.1 Å². The number of hydrogen-bond acceptors (Lipinski definition) is 2. The maximum atomic E-state index is 6.20. The summed E-state index contributed by atoms with van der Waals surface area (Å²) in [7, 11) is 0. The zero-order chi connectivity index (χ0) is 13.8. The molecule has 4 heteroatoms. The molecule has 0 saturated carbocycles.